The Hall–Kier alpha value is -1.59. The SMILES string of the molecule is O=C(CC1CCCCC1)NCC(=O)NC1(C(=O)O)CCCCCC1. The van der Waals surface area contributed by atoms with Crippen molar-refractivity contribution in [2.24, 2.45) is 5.92 Å². The van der Waals surface area contributed by atoms with Gasteiger partial charge in [-0.2, -0.15) is 0 Å². The molecule has 0 aliphatic heterocycles. The van der Waals surface area contributed by atoms with Crippen LogP contribution >= 0.6 is 0 Å². The fourth-order valence-electron chi connectivity index (χ4n) is 3.94. The molecule has 2 aliphatic carbocycles. The molecule has 3 N–H and O–H groups in total. The molecule has 0 radical (unpaired) electrons. The van der Waals surface area contributed by atoms with Crippen LogP contribution in [0.15, 0.2) is 0 Å². The van der Waals surface area contributed by atoms with Crippen LogP contribution in [0.2, 0.25) is 0 Å². The first-order valence-electron chi connectivity index (χ1n) is 9.33. The lowest BCUT2D eigenvalue weighted by molar-refractivity contribution is -0.148. The highest BCUT2D eigenvalue weighted by Gasteiger charge is 2.39. The number of hydrogen-bond donors (Lipinski definition) is 3. The predicted molar refractivity (Wildman–Crippen MR) is 90.4 cm³/mol. The van der Waals surface area contributed by atoms with E-state index < -0.39 is 17.4 Å². The van der Waals surface area contributed by atoms with Gasteiger partial charge in [-0.3, -0.25) is 9.59 Å². The zero-order chi connectivity index (χ0) is 17.4. The maximum absolute atomic E-state index is 12.1. The highest BCUT2D eigenvalue weighted by molar-refractivity contribution is 5.90. The molecule has 2 aliphatic rings. The molecule has 136 valence electrons. The van der Waals surface area contributed by atoms with Crippen molar-refractivity contribution in [2.75, 3.05) is 6.54 Å². The van der Waals surface area contributed by atoms with E-state index in [1.165, 1.54) is 19.3 Å². The summed E-state index contributed by atoms with van der Waals surface area (Å²) in [6.45, 7) is -0.138. The Morgan fingerprint density at radius 1 is 0.875 bits per heavy atom. The van der Waals surface area contributed by atoms with E-state index in [-0.39, 0.29) is 12.5 Å². The third-order valence-corrected chi connectivity index (χ3v) is 5.39. The first-order valence-corrected chi connectivity index (χ1v) is 9.33. The highest BCUT2D eigenvalue weighted by Crippen LogP contribution is 2.28. The number of rotatable bonds is 6. The van der Waals surface area contributed by atoms with E-state index in [9.17, 15) is 19.5 Å². The van der Waals surface area contributed by atoms with Crippen LogP contribution in [-0.4, -0.2) is 35.0 Å². The van der Waals surface area contributed by atoms with E-state index in [1.807, 2.05) is 0 Å². The van der Waals surface area contributed by atoms with Crippen LogP contribution in [0.5, 0.6) is 0 Å². The Morgan fingerprint density at radius 3 is 2.04 bits per heavy atom. The zero-order valence-electron chi connectivity index (χ0n) is 14.4. The summed E-state index contributed by atoms with van der Waals surface area (Å²) in [6.07, 6.45) is 10.8. The third-order valence-electron chi connectivity index (χ3n) is 5.39. The lowest BCUT2D eigenvalue weighted by Crippen LogP contribution is -2.56. The second kappa shape index (κ2) is 9.04. The lowest BCUT2D eigenvalue weighted by atomic mass is 9.87. The summed E-state index contributed by atoms with van der Waals surface area (Å²) >= 11 is 0. The summed E-state index contributed by atoms with van der Waals surface area (Å²) in [6, 6.07) is 0. The van der Waals surface area contributed by atoms with Crippen molar-refractivity contribution < 1.29 is 19.5 Å². The smallest absolute Gasteiger partial charge is 0.329 e. The van der Waals surface area contributed by atoms with Crippen LogP contribution in [0, 0.1) is 5.92 Å². The largest absolute Gasteiger partial charge is 0.480 e. The normalized spacial score (nSPS) is 21.5. The average molecular weight is 338 g/mol. The van der Waals surface area contributed by atoms with Crippen molar-refractivity contribution in [3.63, 3.8) is 0 Å². The first-order chi connectivity index (χ1) is 11.5. The number of carboxylic acid groups (broad SMARTS) is 1. The van der Waals surface area contributed by atoms with Crippen LogP contribution < -0.4 is 10.6 Å². The van der Waals surface area contributed by atoms with E-state index in [0.29, 0.717) is 25.2 Å². The van der Waals surface area contributed by atoms with Gasteiger partial charge in [-0.25, -0.2) is 4.79 Å². The Labute approximate surface area is 143 Å². The maximum atomic E-state index is 12.1. The zero-order valence-corrected chi connectivity index (χ0v) is 14.4. The third kappa shape index (κ3) is 5.49. The van der Waals surface area contributed by atoms with Gasteiger partial charge in [0.15, 0.2) is 0 Å². The molecule has 0 spiro atoms. The van der Waals surface area contributed by atoms with Gasteiger partial charge in [0, 0.05) is 6.42 Å². The summed E-state index contributed by atoms with van der Waals surface area (Å²) in [5.74, 6) is -1.06. The van der Waals surface area contributed by atoms with E-state index >= 15 is 0 Å². The van der Waals surface area contributed by atoms with Gasteiger partial charge in [0.25, 0.3) is 0 Å². The molecule has 0 aromatic carbocycles. The van der Waals surface area contributed by atoms with E-state index in [0.717, 1.165) is 38.5 Å². The first kappa shape index (κ1) is 18.7. The minimum absolute atomic E-state index is 0.109. The molecule has 24 heavy (non-hydrogen) atoms. The second-order valence-electron chi connectivity index (χ2n) is 7.33. The molecule has 6 heteroatoms. The van der Waals surface area contributed by atoms with E-state index in [1.54, 1.807) is 0 Å². The Balaban J connectivity index is 1.78. The predicted octanol–water partition coefficient (Wildman–Crippen LogP) is 2.37. The maximum Gasteiger partial charge on any atom is 0.329 e. The van der Waals surface area contributed by atoms with Crippen LogP contribution in [0.25, 0.3) is 0 Å². The monoisotopic (exact) mass is 338 g/mol. The Kier molecular flexibility index (Phi) is 7.06. The molecule has 2 saturated carbocycles. The molecule has 0 saturated heterocycles. The number of carbonyl (C=O) groups is 3. The number of carbonyl (C=O) groups excluding carboxylic acids is 2. The molecule has 2 rings (SSSR count). The van der Waals surface area contributed by atoms with Crippen molar-refractivity contribution in [1.82, 2.24) is 10.6 Å². The lowest BCUT2D eigenvalue weighted by Gasteiger charge is -2.29. The fourth-order valence-corrected chi connectivity index (χ4v) is 3.94. The van der Waals surface area contributed by atoms with Crippen molar-refractivity contribution in [2.45, 2.75) is 82.6 Å². The number of aliphatic carboxylic acids is 1. The minimum atomic E-state index is -1.16. The van der Waals surface area contributed by atoms with Crippen LogP contribution in [0.1, 0.15) is 77.0 Å². The molecule has 6 nitrogen and oxygen atoms in total. The topological polar surface area (TPSA) is 95.5 Å². The molecule has 0 atom stereocenters. The van der Waals surface area contributed by atoms with Crippen LogP contribution in [0.4, 0.5) is 0 Å². The molecule has 2 fully saturated rings. The summed E-state index contributed by atoms with van der Waals surface area (Å²) in [4.78, 5) is 35.8. The van der Waals surface area contributed by atoms with Crippen LogP contribution in [-0.2, 0) is 14.4 Å². The highest BCUT2D eigenvalue weighted by atomic mass is 16.4. The molecular weight excluding hydrogens is 308 g/mol. The van der Waals surface area contributed by atoms with Gasteiger partial charge in [-0.15, -0.1) is 0 Å². The molecule has 0 unspecified atom stereocenters. The fraction of sp³-hybridized carbons (Fsp3) is 0.833. The van der Waals surface area contributed by atoms with Gasteiger partial charge >= 0.3 is 5.97 Å². The number of carboxylic acids is 1. The number of hydrogen-bond acceptors (Lipinski definition) is 3. The van der Waals surface area contributed by atoms with E-state index in [2.05, 4.69) is 10.6 Å². The molecule has 0 aromatic rings. The second-order valence-corrected chi connectivity index (χ2v) is 7.33. The summed E-state index contributed by atoms with van der Waals surface area (Å²) in [7, 11) is 0. The average Bonchev–Trinajstić information content (AvgIpc) is 2.80. The number of amides is 2. The van der Waals surface area contributed by atoms with Gasteiger partial charge < -0.3 is 15.7 Å². The van der Waals surface area contributed by atoms with Crippen molar-refractivity contribution in [3.05, 3.63) is 0 Å². The molecule has 0 aromatic heterocycles. The van der Waals surface area contributed by atoms with Gasteiger partial charge in [0.1, 0.15) is 5.54 Å². The van der Waals surface area contributed by atoms with Crippen molar-refractivity contribution in [1.29, 1.82) is 0 Å². The Bertz CT molecular complexity index is 450. The molecular formula is C18H30N2O4. The van der Waals surface area contributed by atoms with Gasteiger partial charge in [0.05, 0.1) is 6.54 Å². The van der Waals surface area contributed by atoms with Crippen molar-refractivity contribution >= 4 is 17.8 Å². The minimum Gasteiger partial charge on any atom is -0.480 e. The summed E-state index contributed by atoms with van der Waals surface area (Å²) in [5, 5.41) is 14.9. The molecule has 0 bridgehead atoms. The van der Waals surface area contributed by atoms with Gasteiger partial charge in [0.2, 0.25) is 11.8 Å². The summed E-state index contributed by atoms with van der Waals surface area (Å²) in [5.41, 5.74) is -1.16. The van der Waals surface area contributed by atoms with Gasteiger partial charge in [-0.05, 0) is 31.6 Å². The molecule has 0 heterocycles. The Morgan fingerprint density at radius 2 is 1.46 bits per heavy atom. The summed E-state index contributed by atoms with van der Waals surface area (Å²) < 4.78 is 0. The molecule has 2 amide bonds. The van der Waals surface area contributed by atoms with Crippen molar-refractivity contribution in [3.8, 4) is 0 Å². The van der Waals surface area contributed by atoms with Gasteiger partial charge in [-0.1, -0.05) is 44.9 Å². The van der Waals surface area contributed by atoms with E-state index in [4.69, 9.17) is 0 Å². The quantitative estimate of drug-likeness (QED) is 0.648. The standard InChI is InChI=1S/C18H30N2O4/c21-15(12-14-8-4-3-5-9-14)19-13-16(22)20-18(17(23)24)10-6-1-2-7-11-18/h14H,1-13H2,(H,19,21)(H,20,22)(H,23,24). The van der Waals surface area contributed by atoms with Crippen LogP contribution in [0.3, 0.4) is 0 Å². The number of nitrogens with one attached hydrogen (secondary N) is 2.